The van der Waals surface area contributed by atoms with Crippen LogP contribution in [0.2, 0.25) is 0 Å². The molecule has 0 aromatic heterocycles. The highest BCUT2D eigenvalue weighted by Crippen LogP contribution is 2.47. The summed E-state index contributed by atoms with van der Waals surface area (Å²) in [6.45, 7) is 5.04. The average molecular weight is 224 g/mol. The predicted octanol–water partition coefficient (Wildman–Crippen LogP) is 1.64. The third-order valence-electron chi connectivity index (χ3n) is 3.52. The molecule has 15 heavy (non-hydrogen) atoms. The highest BCUT2D eigenvalue weighted by atomic mass is 32.2. The number of hydrogen-bond acceptors (Lipinski definition) is 3. The van der Waals surface area contributed by atoms with E-state index in [1.807, 2.05) is 16.7 Å². The Hall–Kier alpha value is -0.690. The van der Waals surface area contributed by atoms with E-state index in [-0.39, 0.29) is 11.9 Å². The predicted molar refractivity (Wildman–Crippen MR) is 60.4 cm³/mol. The van der Waals surface area contributed by atoms with Crippen LogP contribution in [0.3, 0.4) is 0 Å². The minimum absolute atomic E-state index is 0.0738. The van der Waals surface area contributed by atoms with Crippen LogP contribution in [0.25, 0.3) is 0 Å². The lowest BCUT2D eigenvalue weighted by molar-refractivity contribution is -0.136. The van der Waals surface area contributed by atoms with Gasteiger partial charge in [0.2, 0.25) is 5.91 Å². The molecule has 3 nitrogen and oxygen atoms in total. The molecule has 2 rings (SSSR count). The lowest BCUT2D eigenvalue weighted by atomic mass is 10.1. The van der Waals surface area contributed by atoms with E-state index >= 15 is 0 Å². The maximum absolute atomic E-state index is 12.2. The molecule has 0 aromatic rings. The van der Waals surface area contributed by atoms with E-state index < -0.39 is 5.41 Å². The van der Waals surface area contributed by atoms with Crippen LogP contribution in [0.4, 0.5) is 0 Å². The zero-order chi connectivity index (χ0) is 11.1. The number of nitriles is 1. The van der Waals surface area contributed by atoms with E-state index in [1.165, 1.54) is 0 Å². The highest BCUT2D eigenvalue weighted by molar-refractivity contribution is 8.00. The fourth-order valence-electron chi connectivity index (χ4n) is 1.99. The molecule has 1 saturated carbocycles. The Morgan fingerprint density at radius 1 is 1.53 bits per heavy atom. The van der Waals surface area contributed by atoms with Gasteiger partial charge >= 0.3 is 0 Å². The molecule has 2 fully saturated rings. The summed E-state index contributed by atoms with van der Waals surface area (Å²) < 4.78 is 0. The Bertz CT molecular complexity index is 319. The van der Waals surface area contributed by atoms with Gasteiger partial charge in [-0.25, -0.2) is 0 Å². The zero-order valence-electron chi connectivity index (χ0n) is 9.19. The second kappa shape index (κ2) is 3.71. The van der Waals surface area contributed by atoms with Gasteiger partial charge in [-0.15, -0.1) is 0 Å². The van der Waals surface area contributed by atoms with Crippen LogP contribution in [-0.4, -0.2) is 34.4 Å². The molecular formula is C11H16N2OS. The van der Waals surface area contributed by atoms with Gasteiger partial charge in [-0.2, -0.15) is 17.0 Å². The van der Waals surface area contributed by atoms with Crippen LogP contribution in [0, 0.1) is 16.7 Å². The summed E-state index contributed by atoms with van der Waals surface area (Å²) in [4.78, 5) is 14.1. The zero-order valence-corrected chi connectivity index (χ0v) is 10.0. The van der Waals surface area contributed by atoms with Gasteiger partial charge in [0.15, 0.2) is 0 Å². The first-order valence-electron chi connectivity index (χ1n) is 5.45. The second-order valence-corrected chi connectivity index (χ2v) is 5.99. The van der Waals surface area contributed by atoms with E-state index in [9.17, 15) is 4.79 Å². The van der Waals surface area contributed by atoms with E-state index in [2.05, 4.69) is 19.9 Å². The fourth-order valence-corrected chi connectivity index (χ4v) is 3.09. The molecule has 0 N–H and O–H groups in total. The Balaban J connectivity index is 2.10. The smallest absolute Gasteiger partial charge is 0.243 e. The van der Waals surface area contributed by atoms with Crippen molar-refractivity contribution in [3.63, 3.8) is 0 Å². The Morgan fingerprint density at radius 2 is 2.20 bits per heavy atom. The normalized spacial score (nSPS) is 33.3. The number of amides is 1. The molecule has 2 atom stereocenters. The van der Waals surface area contributed by atoms with Crippen molar-refractivity contribution in [2.75, 3.05) is 12.3 Å². The maximum atomic E-state index is 12.2. The summed E-state index contributed by atoms with van der Waals surface area (Å²) >= 11 is 1.91. The van der Waals surface area contributed by atoms with Crippen LogP contribution >= 0.6 is 11.8 Å². The van der Waals surface area contributed by atoms with Crippen LogP contribution in [-0.2, 0) is 4.79 Å². The molecule has 0 radical (unpaired) electrons. The van der Waals surface area contributed by atoms with Crippen LogP contribution in [0.15, 0.2) is 0 Å². The minimum atomic E-state index is -0.643. The molecule has 82 valence electrons. The van der Waals surface area contributed by atoms with E-state index in [0.717, 1.165) is 25.1 Å². The summed E-state index contributed by atoms with van der Waals surface area (Å²) in [5, 5.41) is 9.49. The lowest BCUT2D eigenvalue weighted by Crippen LogP contribution is -2.50. The largest absolute Gasteiger partial charge is 0.337 e. The number of rotatable bonds is 1. The van der Waals surface area contributed by atoms with Gasteiger partial charge in [0.05, 0.1) is 6.07 Å². The summed E-state index contributed by atoms with van der Waals surface area (Å²) in [5.74, 6) is 1.07. The SMILES string of the molecule is CC1SCCN(C(=O)C2(C#N)CC2)C1C. The van der Waals surface area contributed by atoms with Crippen molar-refractivity contribution < 1.29 is 4.79 Å². The minimum Gasteiger partial charge on any atom is -0.337 e. The first kappa shape index (κ1) is 10.8. The standard InChI is InChI=1S/C11H16N2OS/c1-8-9(2)15-6-5-13(8)10(14)11(7-12)3-4-11/h8-9H,3-6H2,1-2H3. The van der Waals surface area contributed by atoms with E-state index in [1.54, 1.807) is 0 Å². The summed E-state index contributed by atoms with van der Waals surface area (Å²) in [7, 11) is 0. The maximum Gasteiger partial charge on any atom is 0.243 e. The molecule has 0 bridgehead atoms. The topological polar surface area (TPSA) is 44.1 Å². The average Bonchev–Trinajstić information content (AvgIpc) is 3.02. The first-order chi connectivity index (χ1) is 7.10. The van der Waals surface area contributed by atoms with Gasteiger partial charge in [-0.3, -0.25) is 4.79 Å². The number of hydrogen-bond donors (Lipinski definition) is 0. The van der Waals surface area contributed by atoms with Crippen molar-refractivity contribution in [1.29, 1.82) is 5.26 Å². The van der Waals surface area contributed by atoms with Gasteiger partial charge in [0.25, 0.3) is 0 Å². The van der Waals surface area contributed by atoms with Crippen LogP contribution in [0.5, 0.6) is 0 Å². The Morgan fingerprint density at radius 3 is 2.73 bits per heavy atom. The van der Waals surface area contributed by atoms with E-state index in [0.29, 0.717) is 5.25 Å². The molecule has 1 amide bonds. The second-order valence-electron chi connectivity index (χ2n) is 4.51. The van der Waals surface area contributed by atoms with Gasteiger partial charge in [-0.1, -0.05) is 6.92 Å². The number of thioether (sulfide) groups is 1. The third-order valence-corrected chi connectivity index (χ3v) is 4.86. The van der Waals surface area contributed by atoms with Crippen molar-refractivity contribution in [3.05, 3.63) is 0 Å². The quantitative estimate of drug-likeness (QED) is 0.680. The van der Waals surface area contributed by atoms with Gasteiger partial charge in [0, 0.05) is 23.6 Å². The molecule has 0 aromatic carbocycles. The van der Waals surface area contributed by atoms with Crippen LogP contribution < -0.4 is 0 Å². The van der Waals surface area contributed by atoms with Crippen molar-refractivity contribution in [2.24, 2.45) is 5.41 Å². The number of nitrogens with zero attached hydrogens (tertiary/aromatic N) is 2. The molecular weight excluding hydrogens is 208 g/mol. The molecule has 1 aliphatic carbocycles. The van der Waals surface area contributed by atoms with Gasteiger partial charge < -0.3 is 4.90 Å². The Kier molecular flexibility index (Phi) is 2.68. The van der Waals surface area contributed by atoms with Crippen molar-refractivity contribution in [3.8, 4) is 6.07 Å². The highest BCUT2D eigenvalue weighted by Gasteiger charge is 2.53. The van der Waals surface area contributed by atoms with Gasteiger partial charge in [-0.05, 0) is 19.8 Å². The first-order valence-corrected chi connectivity index (χ1v) is 6.49. The van der Waals surface area contributed by atoms with Crippen molar-refractivity contribution in [2.45, 2.75) is 38.0 Å². The number of carbonyl (C=O) groups excluding carboxylic acids is 1. The molecule has 4 heteroatoms. The van der Waals surface area contributed by atoms with Crippen molar-refractivity contribution in [1.82, 2.24) is 4.90 Å². The molecule has 0 spiro atoms. The molecule has 1 aliphatic heterocycles. The lowest BCUT2D eigenvalue weighted by Gasteiger charge is -2.38. The third kappa shape index (κ3) is 1.74. The molecule has 2 unspecified atom stereocenters. The fraction of sp³-hybridized carbons (Fsp3) is 0.818. The molecule has 1 heterocycles. The van der Waals surface area contributed by atoms with Crippen LogP contribution in [0.1, 0.15) is 26.7 Å². The van der Waals surface area contributed by atoms with Crippen molar-refractivity contribution >= 4 is 17.7 Å². The number of carbonyl (C=O) groups is 1. The monoisotopic (exact) mass is 224 g/mol. The molecule has 1 saturated heterocycles. The Labute approximate surface area is 94.8 Å². The van der Waals surface area contributed by atoms with Gasteiger partial charge in [0.1, 0.15) is 5.41 Å². The summed E-state index contributed by atoms with van der Waals surface area (Å²) in [6.07, 6.45) is 1.51. The summed E-state index contributed by atoms with van der Waals surface area (Å²) in [5.41, 5.74) is -0.643. The molecule has 2 aliphatic rings. The van der Waals surface area contributed by atoms with E-state index in [4.69, 9.17) is 5.26 Å². The summed E-state index contributed by atoms with van der Waals surface area (Å²) in [6, 6.07) is 2.45.